The molecule has 0 aliphatic heterocycles. The van der Waals surface area contributed by atoms with Gasteiger partial charge in [-0.3, -0.25) is 9.89 Å². The SMILES string of the molecule is COc1cc(CC(=O)Nc2cc(C(=O)O)[nH]n2)ccc1C. The van der Waals surface area contributed by atoms with Crippen LogP contribution in [0.4, 0.5) is 5.82 Å². The zero-order chi connectivity index (χ0) is 15.4. The summed E-state index contributed by atoms with van der Waals surface area (Å²) in [7, 11) is 1.57. The van der Waals surface area contributed by atoms with E-state index in [-0.39, 0.29) is 23.8 Å². The van der Waals surface area contributed by atoms with Gasteiger partial charge in [0.05, 0.1) is 13.5 Å². The molecular formula is C14H15N3O4. The Kier molecular flexibility index (Phi) is 4.22. The fourth-order valence-corrected chi connectivity index (χ4v) is 1.84. The highest BCUT2D eigenvalue weighted by Gasteiger charge is 2.11. The quantitative estimate of drug-likeness (QED) is 0.775. The van der Waals surface area contributed by atoms with E-state index in [2.05, 4.69) is 15.5 Å². The molecule has 0 saturated carbocycles. The average molecular weight is 289 g/mol. The molecule has 0 bridgehead atoms. The van der Waals surface area contributed by atoms with Crippen LogP contribution in [0.15, 0.2) is 24.3 Å². The number of ether oxygens (including phenoxy) is 1. The molecule has 2 aromatic rings. The van der Waals surface area contributed by atoms with Crippen molar-refractivity contribution in [2.75, 3.05) is 12.4 Å². The number of nitrogens with zero attached hydrogens (tertiary/aromatic N) is 1. The summed E-state index contributed by atoms with van der Waals surface area (Å²) >= 11 is 0. The summed E-state index contributed by atoms with van der Waals surface area (Å²) < 4.78 is 5.20. The van der Waals surface area contributed by atoms with E-state index in [4.69, 9.17) is 9.84 Å². The van der Waals surface area contributed by atoms with Gasteiger partial charge < -0.3 is 15.2 Å². The fraction of sp³-hybridized carbons (Fsp3) is 0.214. The van der Waals surface area contributed by atoms with Crippen LogP contribution in [-0.4, -0.2) is 34.3 Å². The Hall–Kier alpha value is -2.83. The Morgan fingerprint density at radius 1 is 1.38 bits per heavy atom. The number of aryl methyl sites for hydroxylation is 1. The standard InChI is InChI=1S/C14H15N3O4/c1-8-3-4-9(5-11(8)21-2)6-13(18)15-12-7-10(14(19)20)16-17-12/h3-5,7H,6H2,1-2H3,(H,19,20)(H2,15,16,17,18). The van der Waals surface area contributed by atoms with Gasteiger partial charge in [0.25, 0.3) is 0 Å². The van der Waals surface area contributed by atoms with Crippen LogP contribution in [0.3, 0.4) is 0 Å². The summed E-state index contributed by atoms with van der Waals surface area (Å²) in [5.74, 6) is -0.527. The summed E-state index contributed by atoms with van der Waals surface area (Å²) in [6.45, 7) is 1.92. The number of aromatic nitrogens is 2. The molecule has 0 aliphatic rings. The van der Waals surface area contributed by atoms with E-state index in [9.17, 15) is 9.59 Å². The number of hydrogen-bond acceptors (Lipinski definition) is 4. The smallest absolute Gasteiger partial charge is 0.353 e. The van der Waals surface area contributed by atoms with Gasteiger partial charge >= 0.3 is 5.97 Å². The van der Waals surface area contributed by atoms with Gasteiger partial charge in [-0.05, 0) is 24.1 Å². The largest absolute Gasteiger partial charge is 0.496 e. The average Bonchev–Trinajstić information content (AvgIpc) is 2.89. The van der Waals surface area contributed by atoms with Crippen LogP contribution in [0.2, 0.25) is 0 Å². The number of carboxylic acid groups (broad SMARTS) is 1. The van der Waals surface area contributed by atoms with Gasteiger partial charge in [-0.25, -0.2) is 4.79 Å². The van der Waals surface area contributed by atoms with Crippen molar-refractivity contribution in [3.63, 3.8) is 0 Å². The second-order valence-corrected chi connectivity index (χ2v) is 4.50. The van der Waals surface area contributed by atoms with Crippen LogP contribution in [0.5, 0.6) is 5.75 Å². The number of methoxy groups -OCH3 is 1. The molecule has 0 radical (unpaired) electrons. The monoisotopic (exact) mass is 289 g/mol. The van der Waals surface area contributed by atoms with Crippen LogP contribution in [-0.2, 0) is 11.2 Å². The van der Waals surface area contributed by atoms with E-state index in [1.54, 1.807) is 13.2 Å². The van der Waals surface area contributed by atoms with Crippen LogP contribution in [0.25, 0.3) is 0 Å². The lowest BCUT2D eigenvalue weighted by Gasteiger charge is -2.07. The van der Waals surface area contributed by atoms with Crippen molar-refractivity contribution in [1.82, 2.24) is 10.2 Å². The van der Waals surface area contributed by atoms with Crippen LogP contribution < -0.4 is 10.1 Å². The van der Waals surface area contributed by atoms with E-state index in [1.165, 1.54) is 6.07 Å². The Morgan fingerprint density at radius 3 is 2.76 bits per heavy atom. The third kappa shape index (κ3) is 3.59. The van der Waals surface area contributed by atoms with Crippen LogP contribution in [0.1, 0.15) is 21.6 Å². The van der Waals surface area contributed by atoms with Crippen molar-refractivity contribution < 1.29 is 19.4 Å². The lowest BCUT2D eigenvalue weighted by atomic mass is 10.1. The third-order valence-electron chi connectivity index (χ3n) is 2.91. The molecular weight excluding hydrogens is 274 g/mol. The molecule has 1 heterocycles. The Bertz CT molecular complexity index is 679. The predicted octanol–water partition coefficient (Wildman–Crippen LogP) is 1.61. The number of benzene rings is 1. The van der Waals surface area contributed by atoms with Gasteiger partial charge in [-0.15, -0.1) is 0 Å². The number of hydrogen-bond donors (Lipinski definition) is 3. The second-order valence-electron chi connectivity index (χ2n) is 4.50. The minimum atomic E-state index is -1.13. The maximum Gasteiger partial charge on any atom is 0.353 e. The minimum Gasteiger partial charge on any atom is -0.496 e. The van der Waals surface area contributed by atoms with Gasteiger partial charge in [-0.2, -0.15) is 5.10 Å². The van der Waals surface area contributed by atoms with Crippen molar-refractivity contribution in [2.24, 2.45) is 0 Å². The molecule has 1 aromatic heterocycles. The predicted molar refractivity (Wildman–Crippen MR) is 75.6 cm³/mol. The molecule has 110 valence electrons. The number of nitrogens with one attached hydrogen (secondary N) is 2. The lowest BCUT2D eigenvalue weighted by Crippen LogP contribution is -2.14. The van der Waals surface area contributed by atoms with Crippen molar-refractivity contribution in [2.45, 2.75) is 13.3 Å². The van der Waals surface area contributed by atoms with Crippen molar-refractivity contribution >= 4 is 17.7 Å². The number of amides is 1. The number of carboxylic acids is 1. The zero-order valence-corrected chi connectivity index (χ0v) is 11.6. The normalized spacial score (nSPS) is 10.2. The fourth-order valence-electron chi connectivity index (χ4n) is 1.84. The van der Waals surface area contributed by atoms with Gasteiger partial charge in [-0.1, -0.05) is 12.1 Å². The van der Waals surface area contributed by atoms with Crippen molar-refractivity contribution in [1.29, 1.82) is 0 Å². The lowest BCUT2D eigenvalue weighted by molar-refractivity contribution is -0.115. The molecule has 0 saturated heterocycles. The zero-order valence-electron chi connectivity index (χ0n) is 11.6. The molecule has 0 spiro atoms. The maximum absolute atomic E-state index is 11.9. The van der Waals surface area contributed by atoms with Gasteiger partial charge in [0.2, 0.25) is 5.91 Å². The number of rotatable bonds is 5. The van der Waals surface area contributed by atoms with Crippen molar-refractivity contribution in [3.05, 3.63) is 41.1 Å². The molecule has 1 amide bonds. The van der Waals surface area contributed by atoms with E-state index >= 15 is 0 Å². The molecule has 21 heavy (non-hydrogen) atoms. The summed E-state index contributed by atoms with van der Waals surface area (Å²) in [6.07, 6.45) is 0.145. The van der Waals surface area contributed by atoms with E-state index < -0.39 is 5.97 Å². The number of H-pyrrole nitrogens is 1. The number of carbonyl (C=O) groups excluding carboxylic acids is 1. The molecule has 0 atom stereocenters. The molecule has 7 nitrogen and oxygen atoms in total. The van der Waals surface area contributed by atoms with Crippen molar-refractivity contribution in [3.8, 4) is 5.75 Å². The number of carbonyl (C=O) groups is 2. The number of aromatic carboxylic acids is 1. The Morgan fingerprint density at radius 2 is 2.14 bits per heavy atom. The first kappa shape index (κ1) is 14.6. The highest BCUT2D eigenvalue weighted by atomic mass is 16.5. The first-order valence-corrected chi connectivity index (χ1v) is 6.21. The van der Waals surface area contributed by atoms with E-state index in [0.717, 1.165) is 11.1 Å². The van der Waals surface area contributed by atoms with E-state index in [0.29, 0.717) is 5.75 Å². The first-order valence-electron chi connectivity index (χ1n) is 6.21. The summed E-state index contributed by atoms with van der Waals surface area (Å²) in [6, 6.07) is 6.77. The Balaban J connectivity index is 2.02. The molecule has 0 aliphatic carbocycles. The maximum atomic E-state index is 11.9. The minimum absolute atomic E-state index is 0.0812. The van der Waals surface area contributed by atoms with E-state index in [1.807, 2.05) is 19.1 Å². The number of aromatic amines is 1. The molecule has 0 unspecified atom stereocenters. The summed E-state index contributed by atoms with van der Waals surface area (Å²) in [5, 5.41) is 17.3. The topological polar surface area (TPSA) is 104 Å². The first-order chi connectivity index (χ1) is 9.99. The molecule has 2 rings (SSSR count). The van der Waals surface area contributed by atoms with Gasteiger partial charge in [0, 0.05) is 6.07 Å². The van der Waals surface area contributed by atoms with Gasteiger partial charge in [0.15, 0.2) is 5.82 Å². The highest BCUT2D eigenvalue weighted by molar-refractivity contribution is 5.93. The summed E-state index contributed by atoms with van der Waals surface area (Å²) in [4.78, 5) is 22.6. The molecule has 1 aromatic carbocycles. The van der Waals surface area contributed by atoms with Gasteiger partial charge in [0.1, 0.15) is 11.4 Å². The second kappa shape index (κ2) is 6.08. The Labute approximate surface area is 120 Å². The van der Waals surface area contributed by atoms with Crippen LogP contribution in [0, 0.1) is 6.92 Å². The van der Waals surface area contributed by atoms with Crippen LogP contribution >= 0.6 is 0 Å². The number of anilines is 1. The molecule has 3 N–H and O–H groups in total. The summed E-state index contributed by atoms with van der Waals surface area (Å²) in [5.41, 5.74) is 1.70. The third-order valence-corrected chi connectivity index (χ3v) is 2.91. The molecule has 0 fully saturated rings. The highest BCUT2D eigenvalue weighted by Crippen LogP contribution is 2.19. The molecule has 7 heteroatoms.